The molecule has 0 fully saturated rings. The Morgan fingerprint density at radius 3 is 2.50 bits per heavy atom. The second kappa shape index (κ2) is 7.59. The van der Waals surface area contributed by atoms with Gasteiger partial charge in [-0.05, 0) is 56.7 Å². The number of pyridine rings is 2. The van der Waals surface area contributed by atoms with E-state index < -0.39 is 11.4 Å². The first-order valence-corrected chi connectivity index (χ1v) is 9.57. The Hall–Kier alpha value is -3.74. The molecule has 1 aromatic carbocycles. The maximum absolute atomic E-state index is 11.2. The standard InChI is InChI=1S/C23H22N4O3/c1-14-4-7-18-19(10-14)27-21(26-18)16-5-8-17(24-12-16)15-6-9-20(25-11-15)30-13-23(2,3)22(28)29/h4-12H,13H2,1-3H3,(H,26,27)(H,28,29). The molecule has 4 aromatic rings. The Morgan fingerprint density at radius 1 is 1.07 bits per heavy atom. The number of fused-ring (bicyclic) bond motifs is 1. The van der Waals surface area contributed by atoms with Gasteiger partial charge in [0.1, 0.15) is 12.4 Å². The number of carbonyl (C=O) groups is 1. The molecule has 7 nitrogen and oxygen atoms in total. The van der Waals surface area contributed by atoms with Gasteiger partial charge < -0.3 is 14.8 Å². The summed E-state index contributed by atoms with van der Waals surface area (Å²) in [6.45, 7) is 5.31. The van der Waals surface area contributed by atoms with Gasteiger partial charge in [0.15, 0.2) is 0 Å². The summed E-state index contributed by atoms with van der Waals surface area (Å²) in [5.74, 6) is 0.239. The van der Waals surface area contributed by atoms with Crippen molar-refractivity contribution in [2.45, 2.75) is 20.8 Å². The lowest BCUT2D eigenvalue weighted by molar-refractivity contribution is -0.148. The van der Waals surface area contributed by atoms with E-state index in [9.17, 15) is 4.79 Å². The highest BCUT2D eigenvalue weighted by Gasteiger charge is 2.28. The van der Waals surface area contributed by atoms with Crippen LogP contribution < -0.4 is 4.74 Å². The summed E-state index contributed by atoms with van der Waals surface area (Å²) in [4.78, 5) is 27.9. The summed E-state index contributed by atoms with van der Waals surface area (Å²) >= 11 is 0. The molecular weight excluding hydrogens is 380 g/mol. The maximum Gasteiger partial charge on any atom is 0.312 e. The summed E-state index contributed by atoms with van der Waals surface area (Å²) < 4.78 is 5.51. The van der Waals surface area contributed by atoms with Crippen molar-refractivity contribution in [3.05, 3.63) is 60.4 Å². The van der Waals surface area contributed by atoms with Crippen LogP contribution in [0.4, 0.5) is 0 Å². The van der Waals surface area contributed by atoms with Gasteiger partial charge in [-0.2, -0.15) is 0 Å². The van der Waals surface area contributed by atoms with Crippen molar-refractivity contribution in [3.8, 4) is 28.5 Å². The summed E-state index contributed by atoms with van der Waals surface area (Å²) in [5.41, 5.74) is 4.63. The number of aromatic nitrogens is 4. The van der Waals surface area contributed by atoms with Crippen LogP contribution in [0.3, 0.4) is 0 Å². The third kappa shape index (κ3) is 4.00. The molecule has 0 saturated carbocycles. The minimum Gasteiger partial charge on any atom is -0.481 e. The van der Waals surface area contributed by atoms with Crippen LogP contribution in [0.5, 0.6) is 5.88 Å². The number of ether oxygens (including phenoxy) is 1. The van der Waals surface area contributed by atoms with E-state index in [-0.39, 0.29) is 6.61 Å². The number of hydrogen-bond donors (Lipinski definition) is 2. The van der Waals surface area contributed by atoms with E-state index in [2.05, 4.69) is 26.0 Å². The highest BCUT2D eigenvalue weighted by atomic mass is 16.5. The number of aryl methyl sites for hydroxylation is 1. The second-order valence-corrected chi connectivity index (χ2v) is 7.90. The number of imidazole rings is 1. The fourth-order valence-corrected chi connectivity index (χ4v) is 2.90. The van der Waals surface area contributed by atoms with E-state index >= 15 is 0 Å². The summed E-state index contributed by atoms with van der Waals surface area (Å²) in [6, 6.07) is 13.6. The first-order valence-electron chi connectivity index (χ1n) is 9.57. The molecule has 3 aromatic heterocycles. The van der Waals surface area contributed by atoms with Gasteiger partial charge in [-0.1, -0.05) is 6.07 Å². The molecule has 0 saturated heterocycles. The van der Waals surface area contributed by atoms with Crippen molar-refractivity contribution in [3.63, 3.8) is 0 Å². The normalized spacial score (nSPS) is 11.6. The number of hydrogen-bond acceptors (Lipinski definition) is 5. The molecule has 0 aliphatic rings. The smallest absolute Gasteiger partial charge is 0.312 e. The number of nitrogens with one attached hydrogen (secondary N) is 1. The van der Waals surface area contributed by atoms with Crippen molar-refractivity contribution in [1.82, 2.24) is 19.9 Å². The Bertz CT molecular complexity index is 1200. The summed E-state index contributed by atoms with van der Waals surface area (Å²) in [6.07, 6.45) is 3.44. The molecule has 0 aliphatic carbocycles. The van der Waals surface area contributed by atoms with Crippen LogP contribution in [0.25, 0.3) is 33.7 Å². The van der Waals surface area contributed by atoms with Crippen molar-refractivity contribution >= 4 is 17.0 Å². The minimum absolute atomic E-state index is 0.0403. The molecule has 152 valence electrons. The predicted octanol–water partition coefficient (Wildman–Crippen LogP) is 4.48. The number of nitrogens with zero attached hydrogens (tertiary/aromatic N) is 3. The van der Waals surface area contributed by atoms with Crippen molar-refractivity contribution < 1.29 is 14.6 Å². The molecule has 4 rings (SSSR count). The quantitative estimate of drug-likeness (QED) is 0.493. The van der Waals surface area contributed by atoms with Gasteiger partial charge in [-0.15, -0.1) is 0 Å². The first kappa shape index (κ1) is 19.6. The van der Waals surface area contributed by atoms with Gasteiger partial charge in [-0.25, -0.2) is 9.97 Å². The Labute approximate surface area is 173 Å². The number of benzene rings is 1. The molecule has 3 heterocycles. The molecular formula is C23H22N4O3. The van der Waals surface area contributed by atoms with Gasteiger partial charge in [0.25, 0.3) is 0 Å². The number of aromatic amines is 1. The van der Waals surface area contributed by atoms with Gasteiger partial charge in [0.2, 0.25) is 5.88 Å². The lowest BCUT2D eigenvalue weighted by Crippen LogP contribution is -2.30. The first-order chi connectivity index (χ1) is 14.3. The van der Waals surface area contributed by atoms with Crippen LogP contribution in [0, 0.1) is 12.3 Å². The zero-order valence-electron chi connectivity index (χ0n) is 17.0. The fraction of sp³-hybridized carbons (Fsp3) is 0.217. The maximum atomic E-state index is 11.2. The van der Waals surface area contributed by atoms with Crippen LogP contribution in [0.15, 0.2) is 54.9 Å². The second-order valence-electron chi connectivity index (χ2n) is 7.90. The molecule has 0 bridgehead atoms. The van der Waals surface area contributed by atoms with Crippen molar-refractivity contribution in [2.75, 3.05) is 6.61 Å². The molecule has 2 N–H and O–H groups in total. The topological polar surface area (TPSA) is 101 Å². The Morgan fingerprint density at radius 2 is 1.83 bits per heavy atom. The third-order valence-corrected chi connectivity index (χ3v) is 4.87. The Balaban J connectivity index is 1.49. The SMILES string of the molecule is Cc1ccc2nc(-c3ccc(-c4ccc(OCC(C)(C)C(=O)O)nc4)nc3)[nH]c2c1. The highest BCUT2D eigenvalue weighted by Crippen LogP contribution is 2.24. The third-order valence-electron chi connectivity index (χ3n) is 4.87. The molecule has 0 spiro atoms. The van der Waals surface area contributed by atoms with E-state index in [1.54, 1.807) is 32.3 Å². The number of aliphatic carboxylic acids is 1. The number of carboxylic acid groups (broad SMARTS) is 1. The lowest BCUT2D eigenvalue weighted by atomic mass is 9.95. The minimum atomic E-state index is -0.979. The van der Waals surface area contributed by atoms with Gasteiger partial charge >= 0.3 is 5.97 Å². The van der Waals surface area contributed by atoms with E-state index in [0.29, 0.717) is 5.88 Å². The average Bonchev–Trinajstić information content (AvgIpc) is 3.16. The van der Waals surface area contributed by atoms with Crippen LogP contribution in [-0.4, -0.2) is 37.6 Å². The van der Waals surface area contributed by atoms with Gasteiger partial charge in [-0.3, -0.25) is 9.78 Å². The zero-order valence-corrected chi connectivity index (χ0v) is 17.0. The van der Waals surface area contributed by atoms with E-state index in [1.807, 2.05) is 37.3 Å². The van der Waals surface area contributed by atoms with Crippen molar-refractivity contribution in [2.24, 2.45) is 5.41 Å². The van der Waals surface area contributed by atoms with E-state index in [4.69, 9.17) is 9.84 Å². The van der Waals surface area contributed by atoms with Crippen LogP contribution >= 0.6 is 0 Å². The molecule has 7 heteroatoms. The molecule has 0 aliphatic heterocycles. The van der Waals surface area contributed by atoms with E-state index in [1.165, 1.54) is 5.56 Å². The van der Waals surface area contributed by atoms with Gasteiger partial charge in [0, 0.05) is 29.6 Å². The van der Waals surface area contributed by atoms with Crippen LogP contribution in [-0.2, 0) is 4.79 Å². The predicted molar refractivity (Wildman–Crippen MR) is 114 cm³/mol. The highest BCUT2D eigenvalue weighted by molar-refractivity contribution is 5.80. The largest absolute Gasteiger partial charge is 0.481 e. The molecule has 0 amide bonds. The van der Waals surface area contributed by atoms with Crippen LogP contribution in [0.1, 0.15) is 19.4 Å². The zero-order chi connectivity index (χ0) is 21.3. The lowest BCUT2D eigenvalue weighted by Gasteiger charge is -2.18. The monoisotopic (exact) mass is 402 g/mol. The summed E-state index contributed by atoms with van der Waals surface area (Å²) in [5, 5.41) is 9.15. The fourth-order valence-electron chi connectivity index (χ4n) is 2.90. The molecule has 0 unspecified atom stereocenters. The van der Waals surface area contributed by atoms with Gasteiger partial charge in [0.05, 0.1) is 22.1 Å². The van der Waals surface area contributed by atoms with Crippen LogP contribution in [0.2, 0.25) is 0 Å². The Kier molecular flexibility index (Phi) is 4.95. The number of carboxylic acids is 1. The van der Waals surface area contributed by atoms with E-state index in [0.717, 1.165) is 33.7 Å². The number of H-pyrrole nitrogens is 1. The molecule has 0 atom stereocenters. The summed E-state index contributed by atoms with van der Waals surface area (Å²) in [7, 11) is 0. The number of rotatable bonds is 6. The average molecular weight is 402 g/mol. The van der Waals surface area contributed by atoms with Crippen molar-refractivity contribution in [1.29, 1.82) is 0 Å². The molecule has 30 heavy (non-hydrogen) atoms. The molecule has 0 radical (unpaired) electrons.